The van der Waals surface area contributed by atoms with Gasteiger partial charge in [-0.25, -0.2) is 9.97 Å². The van der Waals surface area contributed by atoms with E-state index in [4.69, 9.17) is 0 Å². The lowest BCUT2D eigenvalue weighted by Gasteiger charge is -2.17. The quantitative estimate of drug-likeness (QED) is 0.852. The van der Waals surface area contributed by atoms with Crippen molar-refractivity contribution in [3.05, 3.63) is 57.2 Å². The second-order valence-corrected chi connectivity index (χ2v) is 6.77. The summed E-state index contributed by atoms with van der Waals surface area (Å²) in [6.07, 6.45) is 1.55. The first kappa shape index (κ1) is 16.5. The van der Waals surface area contributed by atoms with Crippen molar-refractivity contribution in [2.75, 3.05) is 0 Å². The van der Waals surface area contributed by atoms with Crippen molar-refractivity contribution in [2.45, 2.75) is 54.4 Å². The fourth-order valence-corrected chi connectivity index (χ4v) is 3.27. The summed E-state index contributed by atoms with van der Waals surface area (Å²) in [6.45, 7) is 12.6. The molecule has 0 atom stereocenters. The van der Waals surface area contributed by atoms with Gasteiger partial charge in [0.1, 0.15) is 5.82 Å². The normalized spacial score (nSPS) is 13.9. The van der Waals surface area contributed by atoms with Crippen molar-refractivity contribution in [2.24, 2.45) is 10.2 Å². The maximum Gasteiger partial charge on any atom is 0.133 e. The predicted octanol–water partition coefficient (Wildman–Crippen LogP) is 4.18. The van der Waals surface area contributed by atoms with Crippen LogP contribution in [0.15, 0.2) is 22.3 Å². The van der Waals surface area contributed by atoms with Gasteiger partial charge in [-0.15, -0.1) is 0 Å². The first-order valence-corrected chi connectivity index (χ1v) is 8.36. The second-order valence-electron chi connectivity index (χ2n) is 6.77. The molecule has 0 saturated heterocycles. The van der Waals surface area contributed by atoms with Gasteiger partial charge in [0.05, 0.1) is 5.71 Å². The molecule has 1 aromatic heterocycles. The summed E-state index contributed by atoms with van der Waals surface area (Å²) in [5.41, 5.74) is 10.5. The summed E-state index contributed by atoms with van der Waals surface area (Å²) in [7, 11) is 0. The minimum absolute atomic E-state index is 0.725. The van der Waals surface area contributed by atoms with Gasteiger partial charge in [0.15, 0.2) is 0 Å². The van der Waals surface area contributed by atoms with Gasteiger partial charge in [-0.1, -0.05) is 0 Å². The van der Waals surface area contributed by atoms with Crippen LogP contribution in [0, 0.1) is 34.6 Å². The molecule has 1 aliphatic rings. The highest BCUT2D eigenvalue weighted by molar-refractivity contribution is 6.15. The molecule has 1 aromatic carbocycles. The standard InChI is InChI=1S/C20H24N4/c1-11-7-18(19-9-14(4)23-24-19)17(16(6)15(11)5)10-20-21-12(2)8-13(3)22-20/h7-8H,9-10H2,1-6H3. The van der Waals surface area contributed by atoms with Crippen LogP contribution < -0.4 is 0 Å². The molecule has 0 bridgehead atoms. The molecule has 2 heterocycles. The van der Waals surface area contributed by atoms with Crippen LogP contribution in [0.1, 0.15) is 58.4 Å². The van der Waals surface area contributed by atoms with Crippen molar-refractivity contribution in [3.8, 4) is 0 Å². The highest BCUT2D eigenvalue weighted by Gasteiger charge is 2.19. The Hall–Kier alpha value is -2.36. The smallest absolute Gasteiger partial charge is 0.133 e. The number of aryl methyl sites for hydroxylation is 3. The molecule has 0 aliphatic carbocycles. The molecule has 24 heavy (non-hydrogen) atoms. The lowest BCUT2D eigenvalue weighted by Crippen LogP contribution is -2.11. The third-order valence-corrected chi connectivity index (χ3v) is 4.73. The molecule has 4 nitrogen and oxygen atoms in total. The number of hydrogen-bond donors (Lipinski definition) is 0. The van der Waals surface area contributed by atoms with Crippen LogP contribution in [0.3, 0.4) is 0 Å². The van der Waals surface area contributed by atoms with Gasteiger partial charge in [0.2, 0.25) is 0 Å². The average Bonchev–Trinajstić information content (AvgIpc) is 2.93. The monoisotopic (exact) mass is 320 g/mol. The zero-order valence-electron chi connectivity index (χ0n) is 15.4. The Balaban J connectivity index is 2.10. The van der Waals surface area contributed by atoms with Crippen LogP contribution in [0.2, 0.25) is 0 Å². The molecular formula is C20H24N4. The fourth-order valence-electron chi connectivity index (χ4n) is 3.27. The Labute approximate surface area is 143 Å². The van der Waals surface area contributed by atoms with E-state index in [1.165, 1.54) is 27.8 Å². The molecule has 124 valence electrons. The molecule has 2 aromatic rings. The molecule has 0 radical (unpaired) electrons. The van der Waals surface area contributed by atoms with Gasteiger partial charge in [-0.05, 0) is 75.9 Å². The summed E-state index contributed by atoms with van der Waals surface area (Å²) in [5, 5.41) is 8.63. The molecular weight excluding hydrogens is 296 g/mol. The van der Waals surface area contributed by atoms with Crippen LogP contribution in [0.4, 0.5) is 0 Å². The van der Waals surface area contributed by atoms with E-state index in [1.54, 1.807) is 0 Å². The number of rotatable bonds is 3. The zero-order valence-corrected chi connectivity index (χ0v) is 15.4. The Morgan fingerprint density at radius 3 is 2.08 bits per heavy atom. The molecule has 4 heteroatoms. The summed E-state index contributed by atoms with van der Waals surface area (Å²) < 4.78 is 0. The van der Waals surface area contributed by atoms with Crippen molar-refractivity contribution >= 4 is 11.4 Å². The fraction of sp³-hybridized carbons (Fsp3) is 0.400. The van der Waals surface area contributed by atoms with Crippen LogP contribution in [-0.4, -0.2) is 21.4 Å². The Morgan fingerprint density at radius 2 is 1.50 bits per heavy atom. The molecule has 1 aliphatic heterocycles. The van der Waals surface area contributed by atoms with Crippen molar-refractivity contribution in [3.63, 3.8) is 0 Å². The maximum atomic E-state index is 4.63. The van der Waals surface area contributed by atoms with Gasteiger partial charge in [0.25, 0.3) is 0 Å². The van der Waals surface area contributed by atoms with Crippen LogP contribution in [0.5, 0.6) is 0 Å². The second kappa shape index (κ2) is 6.27. The molecule has 0 fully saturated rings. The molecule has 0 unspecified atom stereocenters. The van der Waals surface area contributed by atoms with Gasteiger partial charge >= 0.3 is 0 Å². The van der Waals surface area contributed by atoms with E-state index in [-0.39, 0.29) is 0 Å². The Bertz CT molecular complexity index is 855. The third-order valence-electron chi connectivity index (χ3n) is 4.73. The summed E-state index contributed by atoms with van der Waals surface area (Å²) >= 11 is 0. The van der Waals surface area contributed by atoms with Gasteiger partial charge in [-0.3, -0.25) is 0 Å². The molecule has 0 amide bonds. The highest BCUT2D eigenvalue weighted by atomic mass is 15.2. The predicted molar refractivity (Wildman–Crippen MR) is 99.2 cm³/mol. The maximum absolute atomic E-state index is 4.63. The summed E-state index contributed by atoms with van der Waals surface area (Å²) in [6, 6.07) is 4.25. The van der Waals surface area contributed by atoms with E-state index in [1.807, 2.05) is 26.8 Å². The molecule has 0 N–H and O–H groups in total. The summed E-state index contributed by atoms with van der Waals surface area (Å²) in [5.74, 6) is 0.872. The molecule has 0 saturated carbocycles. The van der Waals surface area contributed by atoms with E-state index >= 15 is 0 Å². The Morgan fingerprint density at radius 1 is 0.833 bits per heavy atom. The zero-order chi connectivity index (χ0) is 17.4. The number of aromatic nitrogens is 2. The van der Waals surface area contributed by atoms with Gasteiger partial charge < -0.3 is 0 Å². The highest BCUT2D eigenvalue weighted by Crippen LogP contribution is 2.27. The SMILES string of the molecule is CC1=NN=C(c2cc(C)c(C)c(C)c2Cc2nc(C)cc(C)n2)C1. The topological polar surface area (TPSA) is 50.5 Å². The number of nitrogens with zero attached hydrogens (tertiary/aromatic N) is 4. The van der Waals surface area contributed by atoms with E-state index in [0.29, 0.717) is 0 Å². The third kappa shape index (κ3) is 3.14. The lowest BCUT2D eigenvalue weighted by atomic mass is 9.88. The van der Waals surface area contributed by atoms with E-state index in [2.05, 4.69) is 47.0 Å². The van der Waals surface area contributed by atoms with E-state index < -0.39 is 0 Å². The molecule has 0 spiro atoms. The minimum atomic E-state index is 0.725. The first-order chi connectivity index (χ1) is 11.3. The molecule has 3 rings (SSSR count). The van der Waals surface area contributed by atoms with Gasteiger partial charge in [0, 0.05) is 35.5 Å². The first-order valence-electron chi connectivity index (χ1n) is 8.36. The van der Waals surface area contributed by atoms with Crippen LogP contribution in [-0.2, 0) is 6.42 Å². The Kier molecular flexibility index (Phi) is 4.31. The number of hydrogen-bond acceptors (Lipinski definition) is 4. The lowest BCUT2D eigenvalue weighted by molar-refractivity contribution is 0.909. The van der Waals surface area contributed by atoms with Gasteiger partial charge in [-0.2, -0.15) is 10.2 Å². The average molecular weight is 320 g/mol. The minimum Gasteiger partial charge on any atom is -0.238 e. The summed E-state index contributed by atoms with van der Waals surface area (Å²) in [4.78, 5) is 9.25. The van der Waals surface area contributed by atoms with Crippen LogP contribution in [0.25, 0.3) is 0 Å². The largest absolute Gasteiger partial charge is 0.238 e. The van der Waals surface area contributed by atoms with Crippen molar-refractivity contribution in [1.29, 1.82) is 0 Å². The van der Waals surface area contributed by atoms with Crippen molar-refractivity contribution in [1.82, 2.24) is 9.97 Å². The van der Waals surface area contributed by atoms with Crippen molar-refractivity contribution < 1.29 is 0 Å². The van der Waals surface area contributed by atoms with E-state index in [0.717, 1.165) is 41.5 Å². The van der Waals surface area contributed by atoms with E-state index in [9.17, 15) is 0 Å². The number of benzene rings is 1. The van der Waals surface area contributed by atoms with Crippen LogP contribution >= 0.6 is 0 Å².